The summed E-state index contributed by atoms with van der Waals surface area (Å²) in [4.78, 5) is 2.53. The van der Waals surface area contributed by atoms with Crippen molar-refractivity contribution < 1.29 is 0 Å². The fraction of sp³-hybridized carbons (Fsp3) is 0.625. The molecule has 0 amide bonds. The molecule has 100 valence electrons. The van der Waals surface area contributed by atoms with E-state index >= 15 is 0 Å². The molecule has 0 aromatic heterocycles. The van der Waals surface area contributed by atoms with Gasteiger partial charge in [-0.3, -0.25) is 4.90 Å². The van der Waals surface area contributed by atoms with E-state index < -0.39 is 0 Å². The second-order valence-electron chi connectivity index (χ2n) is 6.12. The van der Waals surface area contributed by atoms with Crippen molar-refractivity contribution in [2.75, 3.05) is 13.1 Å². The molecule has 18 heavy (non-hydrogen) atoms. The zero-order valence-electron chi connectivity index (χ0n) is 11.9. The zero-order valence-corrected chi connectivity index (χ0v) is 11.9. The first-order valence-electron chi connectivity index (χ1n) is 7.08. The Labute approximate surface area is 111 Å². The third-order valence-electron chi connectivity index (χ3n) is 4.19. The van der Waals surface area contributed by atoms with Gasteiger partial charge >= 0.3 is 0 Å². The molecule has 0 bridgehead atoms. The molecular formula is C16H26N2. The highest BCUT2D eigenvalue weighted by molar-refractivity contribution is 5.25. The van der Waals surface area contributed by atoms with Crippen LogP contribution < -0.4 is 5.73 Å². The summed E-state index contributed by atoms with van der Waals surface area (Å²) < 4.78 is 0. The number of nitrogens with two attached hydrogens (primary N) is 1. The van der Waals surface area contributed by atoms with Gasteiger partial charge < -0.3 is 5.73 Å². The Morgan fingerprint density at radius 2 is 2.00 bits per heavy atom. The van der Waals surface area contributed by atoms with Crippen LogP contribution in [0.4, 0.5) is 0 Å². The highest BCUT2D eigenvalue weighted by atomic mass is 15.1. The molecule has 2 unspecified atom stereocenters. The lowest BCUT2D eigenvalue weighted by Gasteiger charge is -2.38. The fourth-order valence-electron chi connectivity index (χ4n) is 2.92. The van der Waals surface area contributed by atoms with Gasteiger partial charge in [-0.1, -0.05) is 38.1 Å². The first kappa shape index (κ1) is 13.6. The van der Waals surface area contributed by atoms with Crippen molar-refractivity contribution in [3.63, 3.8) is 0 Å². The molecule has 2 atom stereocenters. The topological polar surface area (TPSA) is 29.3 Å². The summed E-state index contributed by atoms with van der Waals surface area (Å²) in [7, 11) is 0. The van der Waals surface area contributed by atoms with E-state index in [4.69, 9.17) is 5.73 Å². The molecule has 0 aliphatic carbocycles. The summed E-state index contributed by atoms with van der Waals surface area (Å²) in [5.74, 6) is 1.48. The number of piperidine rings is 1. The minimum Gasteiger partial charge on any atom is -0.327 e. The molecule has 1 saturated heterocycles. The molecule has 1 heterocycles. The SMILES string of the molecule is Cc1ccccc1CN1CC(N)CC(C(C)C)C1. The van der Waals surface area contributed by atoms with Crippen LogP contribution in [0.5, 0.6) is 0 Å². The Balaban J connectivity index is 2.03. The van der Waals surface area contributed by atoms with Crippen LogP contribution >= 0.6 is 0 Å². The summed E-state index contributed by atoms with van der Waals surface area (Å²) in [6.45, 7) is 10.1. The first-order chi connectivity index (χ1) is 8.56. The van der Waals surface area contributed by atoms with Crippen LogP contribution in [-0.2, 0) is 6.54 Å². The molecule has 1 aromatic rings. The van der Waals surface area contributed by atoms with Crippen LogP contribution in [0.15, 0.2) is 24.3 Å². The lowest BCUT2D eigenvalue weighted by Crippen LogP contribution is -2.47. The number of aryl methyl sites for hydroxylation is 1. The van der Waals surface area contributed by atoms with Gasteiger partial charge in [0.2, 0.25) is 0 Å². The summed E-state index contributed by atoms with van der Waals surface area (Å²) in [6, 6.07) is 9.01. The molecule has 1 fully saturated rings. The number of likely N-dealkylation sites (tertiary alicyclic amines) is 1. The molecule has 0 spiro atoms. The maximum Gasteiger partial charge on any atom is 0.0237 e. The quantitative estimate of drug-likeness (QED) is 0.888. The maximum absolute atomic E-state index is 6.20. The van der Waals surface area contributed by atoms with Crippen molar-refractivity contribution in [2.24, 2.45) is 17.6 Å². The van der Waals surface area contributed by atoms with Gasteiger partial charge in [0.1, 0.15) is 0 Å². The number of nitrogens with zero attached hydrogens (tertiary/aromatic N) is 1. The summed E-state index contributed by atoms with van der Waals surface area (Å²) >= 11 is 0. The Bertz CT molecular complexity index is 386. The van der Waals surface area contributed by atoms with E-state index in [2.05, 4.69) is 49.9 Å². The normalized spacial score (nSPS) is 25.6. The van der Waals surface area contributed by atoms with Crippen LogP contribution in [0.2, 0.25) is 0 Å². The lowest BCUT2D eigenvalue weighted by atomic mass is 9.85. The molecule has 1 aliphatic heterocycles. The molecule has 0 radical (unpaired) electrons. The Hall–Kier alpha value is -0.860. The van der Waals surface area contributed by atoms with Gasteiger partial charge in [-0.2, -0.15) is 0 Å². The molecule has 1 aromatic carbocycles. The second-order valence-corrected chi connectivity index (χ2v) is 6.12. The van der Waals surface area contributed by atoms with E-state index in [-0.39, 0.29) is 0 Å². The summed E-state index contributed by atoms with van der Waals surface area (Å²) in [6.07, 6.45) is 1.18. The van der Waals surface area contributed by atoms with Gasteiger partial charge in [0.25, 0.3) is 0 Å². The van der Waals surface area contributed by atoms with E-state index in [1.165, 1.54) is 24.1 Å². The minimum atomic E-state index is 0.343. The zero-order chi connectivity index (χ0) is 13.1. The van der Waals surface area contributed by atoms with Crippen molar-refractivity contribution in [3.8, 4) is 0 Å². The van der Waals surface area contributed by atoms with E-state index in [0.29, 0.717) is 6.04 Å². The Morgan fingerprint density at radius 1 is 1.28 bits per heavy atom. The first-order valence-corrected chi connectivity index (χ1v) is 7.08. The van der Waals surface area contributed by atoms with E-state index in [1.54, 1.807) is 0 Å². The van der Waals surface area contributed by atoms with Crippen molar-refractivity contribution in [1.29, 1.82) is 0 Å². The number of rotatable bonds is 3. The van der Waals surface area contributed by atoms with Gasteiger partial charge in [-0.05, 0) is 36.3 Å². The molecule has 2 heteroatoms. The van der Waals surface area contributed by atoms with Crippen LogP contribution in [0, 0.1) is 18.8 Å². The van der Waals surface area contributed by atoms with E-state index in [0.717, 1.165) is 24.9 Å². The van der Waals surface area contributed by atoms with E-state index in [9.17, 15) is 0 Å². The standard InChI is InChI=1S/C16H26N2/c1-12(2)15-8-16(17)11-18(10-15)9-14-7-5-4-6-13(14)3/h4-7,12,15-16H,8-11,17H2,1-3H3. The highest BCUT2D eigenvalue weighted by Gasteiger charge is 2.27. The van der Waals surface area contributed by atoms with Crippen molar-refractivity contribution in [2.45, 2.75) is 39.8 Å². The van der Waals surface area contributed by atoms with Crippen LogP contribution in [0.3, 0.4) is 0 Å². The van der Waals surface area contributed by atoms with Gasteiger partial charge in [0.05, 0.1) is 0 Å². The number of hydrogen-bond acceptors (Lipinski definition) is 2. The van der Waals surface area contributed by atoms with Crippen molar-refractivity contribution >= 4 is 0 Å². The van der Waals surface area contributed by atoms with Crippen molar-refractivity contribution in [1.82, 2.24) is 4.90 Å². The lowest BCUT2D eigenvalue weighted by molar-refractivity contribution is 0.123. The van der Waals surface area contributed by atoms with Gasteiger partial charge in [0.15, 0.2) is 0 Å². The van der Waals surface area contributed by atoms with Gasteiger partial charge in [-0.25, -0.2) is 0 Å². The second kappa shape index (κ2) is 5.85. The summed E-state index contributed by atoms with van der Waals surface area (Å²) in [5, 5.41) is 0. The van der Waals surface area contributed by atoms with E-state index in [1.807, 2.05) is 0 Å². The third kappa shape index (κ3) is 3.33. The largest absolute Gasteiger partial charge is 0.327 e. The molecular weight excluding hydrogens is 220 g/mol. The molecule has 2 rings (SSSR count). The van der Waals surface area contributed by atoms with Crippen molar-refractivity contribution in [3.05, 3.63) is 35.4 Å². The average molecular weight is 246 g/mol. The average Bonchev–Trinajstić information content (AvgIpc) is 2.31. The Morgan fingerprint density at radius 3 is 2.67 bits per heavy atom. The van der Waals surface area contributed by atoms with Crippen LogP contribution in [-0.4, -0.2) is 24.0 Å². The Kier molecular flexibility index (Phi) is 4.41. The predicted octanol–water partition coefficient (Wildman–Crippen LogP) is 2.80. The third-order valence-corrected chi connectivity index (χ3v) is 4.19. The fourth-order valence-corrected chi connectivity index (χ4v) is 2.92. The minimum absolute atomic E-state index is 0.343. The number of hydrogen-bond donors (Lipinski definition) is 1. The predicted molar refractivity (Wildman–Crippen MR) is 77.4 cm³/mol. The monoisotopic (exact) mass is 246 g/mol. The summed E-state index contributed by atoms with van der Waals surface area (Å²) in [5.41, 5.74) is 9.03. The molecule has 2 nitrogen and oxygen atoms in total. The number of benzene rings is 1. The van der Waals surface area contributed by atoms with Crippen LogP contribution in [0.1, 0.15) is 31.4 Å². The molecule has 2 N–H and O–H groups in total. The smallest absolute Gasteiger partial charge is 0.0237 e. The van der Waals surface area contributed by atoms with Crippen LogP contribution in [0.25, 0.3) is 0 Å². The van der Waals surface area contributed by atoms with Gasteiger partial charge in [-0.15, -0.1) is 0 Å². The maximum atomic E-state index is 6.20. The van der Waals surface area contributed by atoms with Gasteiger partial charge in [0, 0.05) is 25.7 Å². The molecule has 0 saturated carbocycles. The molecule has 1 aliphatic rings. The highest BCUT2D eigenvalue weighted by Crippen LogP contribution is 2.24.